The summed E-state index contributed by atoms with van der Waals surface area (Å²) in [7, 11) is 0. The molecule has 0 aromatic heterocycles. The van der Waals surface area contributed by atoms with Gasteiger partial charge < -0.3 is 29.7 Å². The van der Waals surface area contributed by atoms with E-state index in [1.807, 2.05) is 0 Å². The highest BCUT2D eigenvalue weighted by molar-refractivity contribution is 6.42. The Morgan fingerprint density at radius 3 is 2.47 bits per heavy atom. The zero-order valence-electron chi connectivity index (χ0n) is 19.4. The number of ketones is 1. The number of anilines is 1. The van der Waals surface area contributed by atoms with E-state index >= 15 is 0 Å². The zero-order valence-corrected chi connectivity index (χ0v) is 20.9. The number of aliphatic hydroxyl groups is 1. The lowest BCUT2D eigenvalue weighted by molar-refractivity contribution is -0.155. The van der Waals surface area contributed by atoms with Crippen LogP contribution >= 0.6 is 23.2 Å². The van der Waals surface area contributed by atoms with E-state index in [4.69, 9.17) is 37.4 Å². The van der Waals surface area contributed by atoms with Gasteiger partial charge in [-0.15, -0.1) is 0 Å². The fourth-order valence-electron chi connectivity index (χ4n) is 5.53. The van der Waals surface area contributed by atoms with Crippen molar-refractivity contribution in [2.75, 3.05) is 12.1 Å². The average molecular weight is 556 g/mol. The molecule has 194 valence electrons. The van der Waals surface area contributed by atoms with Gasteiger partial charge in [0.15, 0.2) is 22.9 Å². The first-order chi connectivity index (χ1) is 18.2. The zero-order chi connectivity index (χ0) is 26.8. The number of amides is 1. The number of rotatable bonds is 4. The van der Waals surface area contributed by atoms with E-state index in [1.165, 1.54) is 30.3 Å². The topological polar surface area (TPSA) is 131 Å². The standard InChI is InChI=1S/C27H19Cl2NO8/c28-16-7-5-12(9-17(16)29)22-20(25(33)30-13-6-8-18-19(10-13)37-11-36-18)21(26(34)35)27(38-22)23(31)14-3-1-2-4-15(14)24(27)32/h1-10,20-23,31H,11H2,(H,30,33)(H,34,35)/t20-,21?,22?,23?,27?/m1/s1. The molecule has 1 aliphatic carbocycles. The molecule has 3 aliphatic rings. The van der Waals surface area contributed by atoms with E-state index in [2.05, 4.69) is 5.32 Å². The quantitative estimate of drug-likeness (QED) is 0.431. The number of carbonyl (C=O) groups excluding carboxylic acids is 2. The lowest BCUT2D eigenvalue weighted by Gasteiger charge is -2.30. The van der Waals surface area contributed by atoms with Crippen LogP contribution in [0.4, 0.5) is 5.69 Å². The van der Waals surface area contributed by atoms with Crippen molar-refractivity contribution in [1.29, 1.82) is 0 Å². The summed E-state index contributed by atoms with van der Waals surface area (Å²) in [5.41, 5.74) is -1.24. The van der Waals surface area contributed by atoms with Crippen LogP contribution in [0, 0.1) is 11.8 Å². The Kier molecular flexibility index (Phi) is 5.84. The summed E-state index contributed by atoms with van der Waals surface area (Å²) in [4.78, 5) is 40.4. The van der Waals surface area contributed by atoms with E-state index in [1.54, 1.807) is 30.3 Å². The van der Waals surface area contributed by atoms with Gasteiger partial charge in [-0.3, -0.25) is 14.4 Å². The molecule has 2 heterocycles. The fraction of sp³-hybridized carbons (Fsp3) is 0.222. The van der Waals surface area contributed by atoms with Crippen molar-refractivity contribution in [2.24, 2.45) is 11.8 Å². The normalized spacial score (nSPS) is 27.0. The van der Waals surface area contributed by atoms with Crippen LogP contribution in [0.3, 0.4) is 0 Å². The SMILES string of the molecule is O=C(O)C1[C@@H](C(=O)Nc2ccc3c(c2)OCO3)C(c2ccc(Cl)c(Cl)c2)OC12C(=O)c1ccccc1C2O. The number of ether oxygens (including phenoxy) is 3. The van der Waals surface area contributed by atoms with Gasteiger partial charge in [-0.25, -0.2) is 0 Å². The summed E-state index contributed by atoms with van der Waals surface area (Å²) < 4.78 is 16.9. The van der Waals surface area contributed by atoms with Crippen LogP contribution in [0.15, 0.2) is 60.7 Å². The van der Waals surface area contributed by atoms with Gasteiger partial charge in [-0.05, 0) is 35.4 Å². The smallest absolute Gasteiger partial charge is 0.310 e. The Balaban J connectivity index is 1.47. The van der Waals surface area contributed by atoms with Crippen LogP contribution in [0.2, 0.25) is 10.0 Å². The van der Waals surface area contributed by atoms with Crippen molar-refractivity contribution in [2.45, 2.75) is 17.8 Å². The maximum Gasteiger partial charge on any atom is 0.310 e. The third-order valence-electron chi connectivity index (χ3n) is 7.21. The van der Waals surface area contributed by atoms with Crippen LogP contribution in [-0.2, 0) is 14.3 Å². The Labute approximate surface area is 225 Å². The summed E-state index contributed by atoms with van der Waals surface area (Å²) in [5.74, 6) is -5.19. The maximum atomic E-state index is 13.8. The van der Waals surface area contributed by atoms with E-state index in [0.29, 0.717) is 22.7 Å². The number of carboxylic acid groups (broad SMARTS) is 1. The lowest BCUT2D eigenvalue weighted by atomic mass is 9.74. The van der Waals surface area contributed by atoms with Crippen LogP contribution in [0.1, 0.15) is 33.7 Å². The molecule has 3 aromatic rings. The lowest BCUT2D eigenvalue weighted by Crippen LogP contribution is -2.50. The molecule has 0 saturated carbocycles. The molecule has 5 atom stereocenters. The van der Waals surface area contributed by atoms with Crippen LogP contribution < -0.4 is 14.8 Å². The van der Waals surface area contributed by atoms with Crippen molar-refractivity contribution >= 4 is 46.5 Å². The van der Waals surface area contributed by atoms with E-state index in [0.717, 1.165) is 0 Å². The second kappa shape index (κ2) is 8.99. The molecule has 2 aliphatic heterocycles. The predicted octanol–water partition coefficient (Wildman–Crippen LogP) is 4.42. The maximum absolute atomic E-state index is 13.8. The van der Waals surface area contributed by atoms with E-state index in [9.17, 15) is 24.6 Å². The van der Waals surface area contributed by atoms with Crippen LogP contribution in [0.25, 0.3) is 0 Å². The molecule has 3 aromatic carbocycles. The Hall–Kier alpha value is -3.63. The number of halogens is 2. The van der Waals surface area contributed by atoms with Crippen molar-refractivity contribution in [3.05, 3.63) is 87.4 Å². The van der Waals surface area contributed by atoms with Crippen molar-refractivity contribution in [1.82, 2.24) is 0 Å². The highest BCUT2D eigenvalue weighted by Gasteiger charge is 2.70. The van der Waals surface area contributed by atoms with Gasteiger partial charge in [0.2, 0.25) is 12.7 Å². The number of aliphatic hydroxyl groups excluding tert-OH is 1. The summed E-state index contributed by atoms with van der Waals surface area (Å²) in [6.07, 6.45) is -2.88. The fourth-order valence-corrected chi connectivity index (χ4v) is 5.83. The molecule has 0 radical (unpaired) electrons. The highest BCUT2D eigenvalue weighted by atomic mass is 35.5. The Morgan fingerprint density at radius 1 is 0.974 bits per heavy atom. The molecule has 9 nitrogen and oxygen atoms in total. The van der Waals surface area contributed by atoms with E-state index in [-0.39, 0.29) is 28.0 Å². The second-order valence-corrected chi connectivity index (χ2v) is 10.0. The third kappa shape index (κ3) is 3.58. The minimum absolute atomic E-state index is 0.0345. The van der Waals surface area contributed by atoms with Gasteiger partial charge in [0.1, 0.15) is 12.0 Å². The van der Waals surface area contributed by atoms with Crippen molar-refractivity contribution in [3.8, 4) is 11.5 Å². The number of Topliss-reactive ketones (excluding diaryl/α,β-unsaturated/α-hetero) is 1. The van der Waals surface area contributed by atoms with Gasteiger partial charge in [-0.1, -0.05) is 53.5 Å². The number of carboxylic acids is 1. The predicted molar refractivity (Wildman–Crippen MR) is 135 cm³/mol. The number of fused-ring (bicyclic) bond motifs is 2. The minimum Gasteiger partial charge on any atom is -0.481 e. The first-order valence-electron chi connectivity index (χ1n) is 11.6. The van der Waals surface area contributed by atoms with Gasteiger partial charge in [0.25, 0.3) is 0 Å². The third-order valence-corrected chi connectivity index (χ3v) is 7.95. The molecule has 1 amide bonds. The molecule has 1 fully saturated rings. The van der Waals surface area contributed by atoms with Gasteiger partial charge in [0, 0.05) is 17.3 Å². The van der Waals surface area contributed by atoms with Gasteiger partial charge in [-0.2, -0.15) is 0 Å². The summed E-state index contributed by atoms with van der Waals surface area (Å²) >= 11 is 12.3. The number of nitrogens with one attached hydrogen (secondary N) is 1. The average Bonchev–Trinajstić information content (AvgIpc) is 3.57. The number of aliphatic carboxylic acids is 1. The molecule has 1 saturated heterocycles. The molecule has 0 bridgehead atoms. The molecule has 3 N–H and O–H groups in total. The number of hydrogen-bond acceptors (Lipinski definition) is 7. The number of benzene rings is 3. The minimum atomic E-state index is -2.25. The first-order valence-corrected chi connectivity index (χ1v) is 12.4. The molecule has 1 spiro atoms. The van der Waals surface area contributed by atoms with E-state index < -0.39 is 47.3 Å². The highest BCUT2D eigenvalue weighted by Crippen LogP contribution is 2.58. The summed E-state index contributed by atoms with van der Waals surface area (Å²) in [5, 5.41) is 24.9. The van der Waals surface area contributed by atoms with Crippen LogP contribution in [0.5, 0.6) is 11.5 Å². The number of hydrogen-bond donors (Lipinski definition) is 3. The Bertz CT molecular complexity index is 1510. The molecular formula is C27H19Cl2NO8. The van der Waals surface area contributed by atoms with Crippen molar-refractivity contribution < 1.29 is 38.8 Å². The molecule has 6 rings (SSSR count). The second-order valence-electron chi connectivity index (χ2n) is 9.22. The molecular weight excluding hydrogens is 537 g/mol. The van der Waals surface area contributed by atoms with Crippen LogP contribution in [-0.4, -0.2) is 40.3 Å². The van der Waals surface area contributed by atoms with Crippen molar-refractivity contribution in [3.63, 3.8) is 0 Å². The summed E-state index contributed by atoms with van der Waals surface area (Å²) in [6.45, 7) is 0.0345. The monoisotopic (exact) mass is 555 g/mol. The molecule has 11 heteroatoms. The first kappa shape index (κ1) is 24.7. The number of carbonyl (C=O) groups is 3. The molecule has 4 unspecified atom stereocenters. The largest absolute Gasteiger partial charge is 0.481 e. The van der Waals surface area contributed by atoms with Gasteiger partial charge in [0.05, 0.1) is 22.1 Å². The Morgan fingerprint density at radius 2 is 1.74 bits per heavy atom. The molecule has 38 heavy (non-hydrogen) atoms. The summed E-state index contributed by atoms with van der Waals surface area (Å²) in [6, 6.07) is 15.5. The van der Waals surface area contributed by atoms with Gasteiger partial charge >= 0.3 is 5.97 Å².